The van der Waals surface area contributed by atoms with E-state index in [4.69, 9.17) is 4.74 Å². The van der Waals surface area contributed by atoms with Gasteiger partial charge >= 0.3 is 0 Å². The first-order valence-corrected chi connectivity index (χ1v) is 6.86. The molecule has 0 aromatic heterocycles. The van der Waals surface area contributed by atoms with Crippen molar-refractivity contribution in [3.05, 3.63) is 24.8 Å². The Morgan fingerprint density at radius 2 is 2.00 bits per heavy atom. The molecule has 1 fully saturated rings. The van der Waals surface area contributed by atoms with E-state index in [9.17, 15) is 5.11 Å². The van der Waals surface area contributed by atoms with Crippen LogP contribution in [0.4, 0.5) is 0 Å². The van der Waals surface area contributed by atoms with E-state index in [1.807, 2.05) is 19.1 Å². The van der Waals surface area contributed by atoms with E-state index in [1.54, 1.807) is 6.08 Å². The SMILES string of the molecule is C=CCCCCC/C=C\[C@H](O)C#CC#C[C@H]1O[C@@H]1C. The van der Waals surface area contributed by atoms with Gasteiger partial charge in [-0.15, -0.1) is 6.58 Å². The lowest BCUT2D eigenvalue weighted by Gasteiger charge is -1.95. The van der Waals surface area contributed by atoms with Gasteiger partial charge in [0.2, 0.25) is 0 Å². The highest BCUT2D eigenvalue weighted by Crippen LogP contribution is 2.18. The number of aliphatic hydroxyl groups is 1. The van der Waals surface area contributed by atoms with Gasteiger partial charge < -0.3 is 9.84 Å². The van der Waals surface area contributed by atoms with Crippen molar-refractivity contribution in [1.82, 2.24) is 0 Å². The van der Waals surface area contributed by atoms with Crippen LogP contribution in [0.1, 0.15) is 39.0 Å². The van der Waals surface area contributed by atoms with Gasteiger partial charge in [0, 0.05) is 0 Å². The minimum absolute atomic E-state index is 0.0394. The molecule has 1 heterocycles. The number of hydrogen-bond acceptors (Lipinski definition) is 2. The molecule has 0 bridgehead atoms. The third-order valence-corrected chi connectivity index (χ3v) is 2.81. The summed E-state index contributed by atoms with van der Waals surface area (Å²) >= 11 is 0. The molecule has 0 aromatic rings. The molecule has 1 N–H and O–H groups in total. The highest BCUT2D eigenvalue weighted by molar-refractivity contribution is 5.31. The van der Waals surface area contributed by atoms with Gasteiger partial charge in [-0.05, 0) is 50.5 Å². The van der Waals surface area contributed by atoms with Crippen molar-refractivity contribution in [2.75, 3.05) is 0 Å². The van der Waals surface area contributed by atoms with Crippen molar-refractivity contribution in [3.63, 3.8) is 0 Å². The van der Waals surface area contributed by atoms with Gasteiger partial charge in [-0.2, -0.15) is 0 Å². The maximum Gasteiger partial charge on any atom is 0.145 e. The van der Waals surface area contributed by atoms with Crippen LogP contribution in [-0.2, 0) is 4.74 Å². The predicted octanol–water partition coefficient (Wildman–Crippen LogP) is 2.83. The summed E-state index contributed by atoms with van der Waals surface area (Å²) in [4.78, 5) is 0. The molecule has 2 heteroatoms. The number of ether oxygens (including phenoxy) is 1. The summed E-state index contributed by atoms with van der Waals surface area (Å²) in [6, 6.07) is 0. The second-order valence-electron chi connectivity index (χ2n) is 4.60. The van der Waals surface area contributed by atoms with E-state index in [1.165, 1.54) is 12.8 Å². The molecule has 1 rings (SSSR count). The number of aliphatic hydroxyl groups excluding tert-OH is 1. The van der Waals surface area contributed by atoms with E-state index in [2.05, 4.69) is 30.3 Å². The van der Waals surface area contributed by atoms with Gasteiger partial charge in [-0.25, -0.2) is 0 Å². The van der Waals surface area contributed by atoms with Gasteiger partial charge in [0.1, 0.15) is 12.2 Å². The summed E-state index contributed by atoms with van der Waals surface area (Å²) in [5, 5.41) is 9.55. The zero-order chi connectivity index (χ0) is 13.9. The molecular formula is C17H22O2. The summed E-state index contributed by atoms with van der Waals surface area (Å²) < 4.78 is 5.12. The van der Waals surface area contributed by atoms with Crippen LogP contribution < -0.4 is 0 Å². The van der Waals surface area contributed by atoms with Crippen molar-refractivity contribution >= 4 is 0 Å². The number of epoxide rings is 1. The fourth-order valence-corrected chi connectivity index (χ4v) is 1.56. The van der Waals surface area contributed by atoms with E-state index >= 15 is 0 Å². The van der Waals surface area contributed by atoms with Crippen molar-refractivity contribution < 1.29 is 9.84 Å². The Balaban J connectivity index is 2.08. The molecule has 1 aliphatic rings. The van der Waals surface area contributed by atoms with Crippen molar-refractivity contribution in [3.8, 4) is 23.7 Å². The fraction of sp³-hybridized carbons (Fsp3) is 0.529. The Hall–Kier alpha value is -1.48. The molecule has 0 radical (unpaired) electrons. The third kappa shape index (κ3) is 8.27. The van der Waals surface area contributed by atoms with E-state index in [-0.39, 0.29) is 12.2 Å². The summed E-state index contributed by atoms with van der Waals surface area (Å²) in [7, 11) is 0. The number of unbranched alkanes of at least 4 members (excludes halogenated alkanes) is 4. The summed E-state index contributed by atoms with van der Waals surface area (Å²) in [5.41, 5.74) is 0. The minimum atomic E-state index is -0.722. The lowest BCUT2D eigenvalue weighted by atomic mass is 10.1. The normalized spacial score (nSPS) is 22.0. The molecule has 0 aliphatic carbocycles. The van der Waals surface area contributed by atoms with Crippen LogP contribution in [0.25, 0.3) is 0 Å². The molecule has 0 unspecified atom stereocenters. The number of allylic oxidation sites excluding steroid dienone is 2. The Labute approximate surface area is 116 Å². The standard InChI is InChI=1S/C17H22O2/c1-3-4-5-6-7-8-9-12-16(18)13-10-11-14-17-15(2)19-17/h3,9,12,15-18H,1,4-8H2,2H3/b12-9-/t15-,16+,17-/m1/s1. The second kappa shape index (κ2) is 9.45. The van der Waals surface area contributed by atoms with Crippen LogP contribution in [0.3, 0.4) is 0 Å². The first kappa shape index (κ1) is 15.6. The maximum atomic E-state index is 9.55. The van der Waals surface area contributed by atoms with Gasteiger partial charge in [0.05, 0.1) is 6.10 Å². The van der Waals surface area contributed by atoms with Gasteiger partial charge in [-0.3, -0.25) is 0 Å². The van der Waals surface area contributed by atoms with Gasteiger partial charge in [-0.1, -0.05) is 30.4 Å². The van der Waals surface area contributed by atoms with Crippen LogP contribution in [0.2, 0.25) is 0 Å². The van der Waals surface area contributed by atoms with Crippen LogP contribution in [0.15, 0.2) is 24.8 Å². The topological polar surface area (TPSA) is 32.8 Å². The maximum absolute atomic E-state index is 9.55. The lowest BCUT2D eigenvalue weighted by Crippen LogP contribution is -1.96. The predicted molar refractivity (Wildman–Crippen MR) is 78.3 cm³/mol. The zero-order valence-corrected chi connectivity index (χ0v) is 11.6. The molecule has 3 atom stereocenters. The molecule has 2 nitrogen and oxygen atoms in total. The van der Waals surface area contributed by atoms with E-state index in [0.717, 1.165) is 19.3 Å². The molecule has 0 spiro atoms. The first-order valence-electron chi connectivity index (χ1n) is 6.86. The van der Waals surface area contributed by atoms with Gasteiger partial charge in [0.25, 0.3) is 0 Å². The fourth-order valence-electron chi connectivity index (χ4n) is 1.56. The van der Waals surface area contributed by atoms with E-state index in [0.29, 0.717) is 0 Å². The molecule has 19 heavy (non-hydrogen) atoms. The Kier molecular flexibility index (Phi) is 7.75. The van der Waals surface area contributed by atoms with Crippen LogP contribution in [0.5, 0.6) is 0 Å². The first-order chi connectivity index (χ1) is 9.24. The largest absolute Gasteiger partial charge is 0.377 e. The summed E-state index contributed by atoms with van der Waals surface area (Å²) in [6.45, 7) is 5.66. The molecule has 0 saturated carbocycles. The van der Waals surface area contributed by atoms with Gasteiger partial charge in [0.15, 0.2) is 0 Å². The molecule has 102 valence electrons. The second-order valence-corrected chi connectivity index (χ2v) is 4.60. The number of hydrogen-bond donors (Lipinski definition) is 1. The van der Waals surface area contributed by atoms with Crippen molar-refractivity contribution in [2.45, 2.75) is 57.3 Å². The summed E-state index contributed by atoms with van der Waals surface area (Å²) in [5.74, 6) is 10.9. The lowest BCUT2D eigenvalue weighted by molar-refractivity contribution is 0.280. The highest BCUT2D eigenvalue weighted by Gasteiger charge is 2.31. The van der Waals surface area contributed by atoms with Crippen molar-refractivity contribution in [2.24, 2.45) is 0 Å². The molecule has 0 amide bonds. The smallest absolute Gasteiger partial charge is 0.145 e. The summed E-state index contributed by atoms with van der Waals surface area (Å²) in [6.07, 6.45) is 10.8. The van der Waals surface area contributed by atoms with Crippen LogP contribution >= 0.6 is 0 Å². The minimum Gasteiger partial charge on any atom is -0.377 e. The Bertz CT molecular complexity index is 414. The molecular weight excluding hydrogens is 236 g/mol. The zero-order valence-electron chi connectivity index (χ0n) is 11.6. The Morgan fingerprint density at radius 3 is 2.68 bits per heavy atom. The van der Waals surface area contributed by atoms with Crippen LogP contribution in [-0.4, -0.2) is 23.4 Å². The van der Waals surface area contributed by atoms with Crippen LogP contribution in [0, 0.1) is 23.7 Å². The molecule has 0 aromatic carbocycles. The average Bonchev–Trinajstić information content (AvgIpc) is 3.09. The number of rotatable bonds is 7. The monoisotopic (exact) mass is 258 g/mol. The Morgan fingerprint density at radius 1 is 1.26 bits per heavy atom. The third-order valence-electron chi connectivity index (χ3n) is 2.81. The van der Waals surface area contributed by atoms with Crippen molar-refractivity contribution in [1.29, 1.82) is 0 Å². The van der Waals surface area contributed by atoms with E-state index < -0.39 is 6.10 Å². The molecule has 1 saturated heterocycles. The average molecular weight is 258 g/mol. The highest BCUT2D eigenvalue weighted by atomic mass is 16.6. The molecule has 1 aliphatic heterocycles. The quantitative estimate of drug-likeness (QED) is 0.330.